The summed E-state index contributed by atoms with van der Waals surface area (Å²) in [7, 11) is 0. The minimum atomic E-state index is -0.103. The van der Waals surface area contributed by atoms with Crippen molar-refractivity contribution in [3.63, 3.8) is 0 Å². The number of rotatable bonds is 3. The van der Waals surface area contributed by atoms with Gasteiger partial charge in [0.15, 0.2) is 12.0 Å². The summed E-state index contributed by atoms with van der Waals surface area (Å²) < 4.78 is 7.00. The van der Waals surface area contributed by atoms with Gasteiger partial charge in [0.25, 0.3) is 5.91 Å². The van der Waals surface area contributed by atoms with Crippen molar-refractivity contribution >= 4 is 11.6 Å². The zero-order valence-electron chi connectivity index (χ0n) is 15.6. The topological polar surface area (TPSA) is 72.4 Å². The third-order valence-electron chi connectivity index (χ3n) is 5.43. The van der Waals surface area contributed by atoms with E-state index in [4.69, 9.17) is 4.42 Å². The fourth-order valence-corrected chi connectivity index (χ4v) is 4.02. The lowest BCUT2D eigenvalue weighted by Gasteiger charge is -2.26. The number of hydrogen-bond donors (Lipinski definition) is 1. The molecule has 1 N–H and O–H groups in total. The van der Waals surface area contributed by atoms with Crippen LogP contribution < -0.4 is 5.32 Å². The van der Waals surface area contributed by atoms with Gasteiger partial charge in [-0.1, -0.05) is 24.3 Å². The second-order valence-electron chi connectivity index (χ2n) is 7.20. The minimum Gasteiger partial charge on any atom is -0.451 e. The van der Waals surface area contributed by atoms with Crippen LogP contribution in [0.15, 0.2) is 59.7 Å². The monoisotopic (exact) mass is 372 g/mol. The number of oxazole rings is 1. The van der Waals surface area contributed by atoms with Crippen LogP contribution in [0.2, 0.25) is 0 Å². The number of aryl methyl sites for hydroxylation is 2. The second-order valence-corrected chi connectivity index (χ2v) is 7.20. The van der Waals surface area contributed by atoms with Gasteiger partial charge in [-0.05, 0) is 49.4 Å². The summed E-state index contributed by atoms with van der Waals surface area (Å²) in [5.74, 6) is -0.103. The molecule has 0 aliphatic heterocycles. The second kappa shape index (κ2) is 6.64. The summed E-state index contributed by atoms with van der Waals surface area (Å²) in [4.78, 5) is 22.0. The molecule has 1 aromatic carbocycles. The molecular weight excluding hydrogens is 352 g/mol. The number of nitrogens with zero attached hydrogens (tertiary/aromatic N) is 3. The van der Waals surface area contributed by atoms with E-state index in [1.54, 1.807) is 6.26 Å². The lowest BCUT2D eigenvalue weighted by molar-refractivity contribution is 0.0934. The zero-order valence-corrected chi connectivity index (χ0v) is 15.6. The molecule has 6 heteroatoms. The fourth-order valence-electron chi connectivity index (χ4n) is 4.02. The number of aromatic nitrogens is 3. The van der Waals surface area contributed by atoms with E-state index in [2.05, 4.69) is 33.5 Å². The molecule has 6 nitrogen and oxygen atoms in total. The first kappa shape index (κ1) is 16.7. The highest BCUT2D eigenvalue weighted by Crippen LogP contribution is 2.30. The molecule has 1 aliphatic rings. The maximum Gasteiger partial charge on any atom is 0.255 e. The maximum absolute atomic E-state index is 13.1. The van der Waals surface area contributed by atoms with Crippen molar-refractivity contribution in [2.24, 2.45) is 0 Å². The van der Waals surface area contributed by atoms with Crippen molar-refractivity contribution in [3.05, 3.63) is 77.6 Å². The molecule has 0 saturated heterocycles. The quantitative estimate of drug-likeness (QED) is 0.587. The Morgan fingerprint density at radius 1 is 1.25 bits per heavy atom. The molecule has 1 aliphatic carbocycles. The molecular formula is C22H20N4O2. The maximum atomic E-state index is 13.1. The number of fused-ring (bicyclic) bond motifs is 2. The molecule has 1 amide bonds. The van der Waals surface area contributed by atoms with Gasteiger partial charge in [0.2, 0.25) is 0 Å². The van der Waals surface area contributed by atoms with Crippen LogP contribution in [0, 0.1) is 6.92 Å². The molecule has 28 heavy (non-hydrogen) atoms. The first-order valence-corrected chi connectivity index (χ1v) is 9.46. The Bertz CT molecular complexity index is 1160. The van der Waals surface area contributed by atoms with Crippen LogP contribution in [0.4, 0.5) is 0 Å². The Kier molecular flexibility index (Phi) is 3.97. The molecule has 0 saturated carbocycles. The van der Waals surface area contributed by atoms with E-state index in [1.807, 2.05) is 35.7 Å². The van der Waals surface area contributed by atoms with Gasteiger partial charge >= 0.3 is 0 Å². The van der Waals surface area contributed by atoms with Gasteiger partial charge in [0, 0.05) is 11.9 Å². The molecule has 1 atom stereocenters. The van der Waals surface area contributed by atoms with E-state index in [1.165, 1.54) is 17.5 Å². The number of benzene rings is 1. The normalized spacial score (nSPS) is 16.1. The summed E-state index contributed by atoms with van der Waals surface area (Å²) in [6, 6.07) is 12.1. The van der Waals surface area contributed by atoms with Gasteiger partial charge in [0.05, 0.1) is 17.3 Å². The molecule has 140 valence electrons. The highest BCUT2D eigenvalue weighted by molar-refractivity contribution is 6.00. The van der Waals surface area contributed by atoms with Crippen molar-refractivity contribution in [2.45, 2.75) is 32.2 Å². The molecule has 3 heterocycles. The average molecular weight is 372 g/mol. The van der Waals surface area contributed by atoms with Gasteiger partial charge in [-0.25, -0.2) is 9.97 Å². The van der Waals surface area contributed by atoms with Gasteiger partial charge in [-0.3, -0.25) is 4.79 Å². The SMILES string of the molecule is Cc1cc(-c2cocn2)nc2c(C(=O)NC3CCCc4ccccc43)ccn12. The Labute approximate surface area is 162 Å². The van der Waals surface area contributed by atoms with Crippen molar-refractivity contribution in [3.8, 4) is 11.4 Å². The number of amides is 1. The third kappa shape index (κ3) is 2.78. The summed E-state index contributed by atoms with van der Waals surface area (Å²) in [6.45, 7) is 1.98. The van der Waals surface area contributed by atoms with Crippen molar-refractivity contribution < 1.29 is 9.21 Å². The molecule has 3 aromatic heterocycles. The fraction of sp³-hybridized carbons (Fsp3) is 0.227. The molecule has 5 rings (SSSR count). The number of carbonyl (C=O) groups is 1. The van der Waals surface area contributed by atoms with E-state index in [0.717, 1.165) is 25.0 Å². The van der Waals surface area contributed by atoms with E-state index in [0.29, 0.717) is 22.6 Å². The Morgan fingerprint density at radius 3 is 3.00 bits per heavy atom. The Hall–Kier alpha value is -3.41. The van der Waals surface area contributed by atoms with E-state index in [9.17, 15) is 4.79 Å². The smallest absolute Gasteiger partial charge is 0.255 e. The molecule has 0 spiro atoms. The van der Waals surface area contributed by atoms with E-state index in [-0.39, 0.29) is 11.9 Å². The summed E-state index contributed by atoms with van der Waals surface area (Å²) in [5.41, 5.74) is 6.05. The minimum absolute atomic E-state index is 0.0345. The Balaban J connectivity index is 1.50. The number of hydrogen-bond acceptors (Lipinski definition) is 4. The third-order valence-corrected chi connectivity index (χ3v) is 5.43. The van der Waals surface area contributed by atoms with Crippen LogP contribution in [-0.2, 0) is 6.42 Å². The van der Waals surface area contributed by atoms with Crippen molar-refractivity contribution in [2.75, 3.05) is 0 Å². The van der Waals surface area contributed by atoms with Crippen LogP contribution in [0.1, 0.15) is 46.1 Å². The highest BCUT2D eigenvalue weighted by atomic mass is 16.3. The summed E-state index contributed by atoms with van der Waals surface area (Å²) >= 11 is 0. The number of nitrogens with one attached hydrogen (secondary N) is 1. The molecule has 4 aromatic rings. The molecule has 1 unspecified atom stereocenters. The van der Waals surface area contributed by atoms with Crippen LogP contribution in [-0.4, -0.2) is 20.3 Å². The summed E-state index contributed by atoms with van der Waals surface area (Å²) in [6.07, 6.45) is 7.91. The lowest BCUT2D eigenvalue weighted by Crippen LogP contribution is -2.31. The first-order chi connectivity index (χ1) is 13.7. The summed E-state index contributed by atoms with van der Waals surface area (Å²) in [5, 5.41) is 3.22. The predicted octanol–water partition coefficient (Wildman–Crippen LogP) is 4.11. The van der Waals surface area contributed by atoms with Crippen LogP contribution in [0.3, 0.4) is 0 Å². The zero-order chi connectivity index (χ0) is 19.1. The molecule has 0 fully saturated rings. The van der Waals surface area contributed by atoms with Gasteiger partial charge < -0.3 is 14.1 Å². The lowest BCUT2D eigenvalue weighted by atomic mass is 9.87. The predicted molar refractivity (Wildman–Crippen MR) is 105 cm³/mol. The van der Waals surface area contributed by atoms with Gasteiger partial charge in [-0.2, -0.15) is 0 Å². The van der Waals surface area contributed by atoms with Crippen LogP contribution >= 0.6 is 0 Å². The molecule has 0 radical (unpaired) electrons. The van der Waals surface area contributed by atoms with Crippen molar-refractivity contribution in [1.82, 2.24) is 19.7 Å². The molecule has 0 bridgehead atoms. The highest BCUT2D eigenvalue weighted by Gasteiger charge is 2.23. The first-order valence-electron chi connectivity index (χ1n) is 9.46. The number of carbonyl (C=O) groups excluding carboxylic acids is 1. The Morgan fingerprint density at radius 2 is 2.14 bits per heavy atom. The van der Waals surface area contributed by atoms with Gasteiger partial charge in [0.1, 0.15) is 12.0 Å². The van der Waals surface area contributed by atoms with Crippen molar-refractivity contribution in [1.29, 1.82) is 0 Å². The van der Waals surface area contributed by atoms with Crippen LogP contribution in [0.5, 0.6) is 0 Å². The van der Waals surface area contributed by atoms with Gasteiger partial charge in [-0.15, -0.1) is 0 Å². The standard InChI is InChI=1S/C22H20N4O2/c1-14-11-19(20-12-28-13-23-20)24-21-17(9-10-26(14)21)22(27)25-18-8-4-6-15-5-2-3-7-16(15)18/h2-3,5,7,9-13,18H,4,6,8H2,1H3,(H,25,27). The largest absolute Gasteiger partial charge is 0.451 e. The van der Waals surface area contributed by atoms with E-state index < -0.39 is 0 Å². The average Bonchev–Trinajstić information content (AvgIpc) is 3.38. The van der Waals surface area contributed by atoms with E-state index >= 15 is 0 Å². The van der Waals surface area contributed by atoms with Crippen LogP contribution in [0.25, 0.3) is 17.0 Å².